The number of rotatable bonds is 8. The van der Waals surface area contributed by atoms with Gasteiger partial charge >= 0.3 is 0 Å². The number of nitrogens with two attached hydrogens (primary N) is 1. The predicted octanol–water partition coefficient (Wildman–Crippen LogP) is 1.79. The maximum Gasteiger partial charge on any atom is 0.227 e. The molecule has 0 bridgehead atoms. The van der Waals surface area contributed by atoms with Gasteiger partial charge in [-0.1, -0.05) is 53.4 Å². The van der Waals surface area contributed by atoms with Gasteiger partial charge in [-0.05, 0) is 18.4 Å². The Morgan fingerprint density at radius 2 is 1.85 bits per heavy atom. The van der Waals surface area contributed by atoms with E-state index in [0.29, 0.717) is 19.5 Å². The van der Waals surface area contributed by atoms with E-state index in [9.17, 15) is 9.59 Å². The molecular weight excluding hydrogens is 382 g/mol. The van der Waals surface area contributed by atoms with Crippen molar-refractivity contribution in [3.63, 3.8) is 0 Å². The van der Waals surface area contributed by atoms with E-state index >= 15 is 0 Å². The lowest BCUT2D eigenvalue weighted by atomic mass is 10.1. The molecule has 144 valence electrons. The van der Waals surface area contributed by atoms with E-state index in [2.05, 4.69) is 27.2 Å². The molecule has 0 aliphatic carbocycles. The SMILES string of the molecule is NC(=O)CSc1nnc(N2CCN(C(=O)CCCc3ccccc3)CC2)s1. The molecule has 2 aromatic rings. The van der Waals surface area contributed by atoms with Crippen molar-refractivity contribution in [3.05, 3.63) is 35.9 Å². The average Bonchev–Trinajstić information content (AvgIpc) is 3.16. The van der Waals surface area contributed by atoms with Crippen molar-refractivity contribution in [3.8, 4) is 0 Å². The number of nitrogens with zero attached hydrogens (tertiary/aromatic N) is 4. The van der Waals surface area contributed by atoms with Crippen molar-refractivity contribution in [1.29, 1.82) is 0 Å². The van der Waals surface area contributed by atoms with Crippen LogP contribution in [0.15, 0.2) is 34.7 Å². The van der Waals surface area contributed by atoms with Gasteiger partial charge in [0.05, 0.1) is 5.75 Å². The maximum atomic E-state index is 12.4. The Bertz CT molecular complexity index is 760. The fourth-order valence-electron chi connectivity index (χ4n) is 2.92. The lowest BCUT2D eigenvalue weighted by molar-refractivity contribution is -0.131. The van der Waals surface area contributed by atoms with Gasteiger partial charge in [0.2, 0.25) is 16.9 Å². The third-order valence-corrected chi connectivity index (χ3v) is 6.48. The number of benzene rings is 1. The van der Waals surface area contributed by atoms with Crippen LogP contribution in [0.5, 0.6) is 0 Å². The molecule has 7 nitrogen and oxygen atoms in total. The first-order valence-electron chi connectivity index (χ1n) is 8.93. The number of anilines is 1. The van der Waals surface area contributed by atoms with Crippen LogP contribution in [0.2, 0.25) is 0 Å². The van der Waals surface area contributed by atoms with E-state index in [1.807, 2.05) is 23.1 Å². The summed E-state index contributed by atoms with van der Waals surface area (Å²) in [4.78, 5) is 27.3. The second-order valence-corrected chi connectivity index (χ2v) is 8.49. The van der Waals surface area contributed by atoms with Gasteiger partial charge in [0.25, 0.3) is 0 Å². The Hall–Kier alpha value is -2.13. The van der Waals surface area contributed by atoms with Crippen molar-refractivity contribution in [2.24, 2.45) is 5.73 Å². The highest BCUT2D eigenvalue weighted by molar-refractivity contribution is 8.01. The minimum atomic E-state index is -0.365. The van der Waals surface area contributed by atoms with Crippen molar-refractivity contribution in [2.45, 2.75) is 23.6 Å². The molecule has 9 heteroatoms. The summed E-state index contributed by atoms with van der Waals surface area (Å²) in [5, 5.41) is 9.11. The third-order valence-electron chi connectivity index (χ3n) is 4.34. The fourth-order valence-corrected chi connectivity index (χ4v) is 4.55. The number of aromatic nitrogens is 2. The number of carbonyl (C=O) groups excluding carboxylic acids is 2. The van der Waals surface area contributed by atoms with E-state index in [0.717, 1.165) is 35.4 Å². The Morgan fingerprint density at radius 1 is 1.11 bits per heavy atom. The van der Waals surface area contributed by atoms with Crippen molar-refractivity contribution < 1.29 is 9.59 Å². The summed E-state index contributed by atoms with van der Waals surface area (Å²) in [6.07, 6.45) is 2.39. The molecule has 1 saturated heterocycles. The zero-order valence-corrected chi connectivity index (χ0v) is 16.7. The molecule has 1 aliphatic rings. The molecule has 1 aliphatic heterocycles. The molecule has 27 heavy (non-hydrogen) atoms. The molecule has 2 amide bonds. The van der Waals surface area contributed by atoms with Crippen LogP contribution in [0.3, 0.4) is 0 Å². The summed E-state index contributed by atoms with van der Waals surface area (Å²) in [5.41, 5.74) is 6.42. The van der Waals surface area contributed by atoms with Crippen molar-refractivity contribution >= 4 is 40.0 Å². The third kappa shape index (κ3) is 5.93. The van der Waals surface area contributed by atoms with Crippen LogP contribution in [0.1, 0.15) is 18.4 Å². The highest BCUT2D eigenvalue weighted by Crippen LogP contribution is 2.28. The summed E-state index contributed by atoms with van der Waals surface area (Å²) in [6.45, 7) is 2.90. The summed E-state index contributed by atoms with van der Waals surface area (Å²) < 4.78 is 0.739. The number of aryl methyl sites for hydroxylation is 1. The molecule has 1 fully saturated rings. The summed E-state index contributed by atoms with van der Waals surface area (Å²) >= 11 is 2.76. The topological polar surface area (TPSA) is 92.4 Å². The summed E-state index contributed by atoms with van der Waals surface area (Å²) in [6, 6.07) is 10.3. The van der Waals surface area contributed by atoms with E-state index in [1.165, 1.54) is 28.7 Å². The molecule has 1 aromatic heterocycles. The Kier molecular flexibility index (Phi) is 7.05. The molecule has 1 aromatic carbocycles. The van der Waals surface area contributed by atoms with Gasteiger partial charge < -0.3 is 15.5 Å². The number of piperazine rings is 1. The summed E-state index contributed by atoms with van der Waals surface area (Å²) in [5.74, 6) is 0.0663. The molecule has 2 heterocycles. The number of carbonyl (C=O) groups is 2. The fraction of sp³-hybridized carbons (Fsp3) is 0.444. The number of hydrogen-bond donors (Lipinski definition) is 1. The van der Waals surface area contributed by atoms with Crippen LogP contribution in [0, 0.1) is 0 Å². The first kappa shape index (κ1) is 19.6. The molecule has 0 spiro atoms. The van der Waals surface area contributed by atoms with Crippen LogP contribution in [-0.2, 0) is 16.0 Å². The first-order chi connectivity index (χ1) is 13.1. The minimum absolute atomic E-state index is 0.208. The van der Waals surface area contributed by atoms with Crippen LogP contribution in [0.4, 0.5) is 5.13 Å². The lowest BCUT2D eigenvalue weighted by Crippen LogP contribution is -2.48. The first-order valence-corrected chi connectivity index (χ1v) is 10.7. The van der Waals surface area contributed by atoms with Crippen molar-refractivity contribution in [1.82, 2.24) is 15.1 Å². The van der Waals surface area contributed by atoms with E-state index < -0.39 is 0 Å². The highest BCUT2D eigenvalue weighted by atomic mass is 32.2. The van der Waals surface area contributed by atoms with Gasteiger partial charge in [-0.3, -0.25) is 9.59 Å². The van der Waals surface area contributed by atoms with Crippen LogP contribution >= 0.6 is 23.1 Å². The minimum Gasteiger partial charge on any atom is -0.369 e. The molecule has 0 saturated carbocycles. The zero-order chi connectivity index (χ0) is 19.1. The molecule has 0 radical (unpaired) electrons. The standard InChI is InChI=1S/C18H23N5O2S2/c19-15(24)13-26-18-21-20-17(27-18)23-11-9-22(10-12-23)16(25)8-4-7-14-5-2-1-3-6-14/h1-3,5-6H,4,7-13H2,(H2,19,24). The molecule has 2 N–H and O–H groups in total. The number of primary amides is 1. The van der Waals surface area contributed by atoms with Gasteiger partial charge in [-0.15, -0.1) is 10.2 Å². The van der Waals surface area contributed by atoms with Crippen molar-refractivity contribution in [2.75, 3.05) is 36.8 Å². The number of thioether (sulfide) groups is 1. The number of amides is 2. The smallest absolute Gasteiger partial charge is 0.227 e. The van der Waals surface area contributed by atoms with Crippen LogP contribution < -0.4 is 10.6 Å². The summed E-state index contributed by atoms with van der Waals surface area (Å²) in [7, 11) is 0. The number of hydrogen-bond acceptors (Lipinski definition) is 7. The maximum absolute atomic E-state index is 12.4. The molecule has 0 atom stereocenters. The molecule has 3 rings (SSSR count). The molecule has 0 unspecified atom stereocenters. The normalized spacial score (nSPS) is 14.4. The van der Waals surface area contributed by atoms with E-state index in [1.54, 1.807) is 0 Å². The van der Waals surface area contributed by atoms with Crippen LogP contribution in [-0.4, -0.2) is 58.8 Å². The molecular formula is C18H23N5O2S2. The largest absolute Gasteiger partial charge is 0.369 e. The van der Waals surface area contributed by atoms with Gasteiger partial charge in [0, 0.05) is 32.6 Å². The van der Waals surface area contributed by atoms with Gasteiger partial charge in [0.15, 0.2) is 4.34 Å². The second kappa shape index (κ2) is 9.70. The quantitative estimate of drug-likeness (QED) is 0.673. The van der Waals surface area contributed by atoms with Gasteiger partial charge in [0.1, 0.15) is 0 Å². The second-order valence-electron chi connectivity index (χ2n) is 6.31. The Balaban J connectivity index is 1.40. The Morgan fingerprint density at radius 3 is 2.56 bits per heavy atom. The lowest BCUT2D eigenvalue weighted by Gasteiger charge is -2.34. The predicted molar refractivity (Wildman–Crippen MR) is 108 cm³/mol. The Labute approximate surface area is 166 Å². The van der Waals surface area contributed by atoms with Gasteiger partial charge in [-0.2, -0.15) is 0 Å². The van der Waals surface area contributed by atoms with Gasteiger partial charge in [-0.25, -0.2) is 0 Å². The average molecular weight is 406 g/mol. The highest BCUT2D eigenvalue weighted by Gasteiger charge is 2.23. The van der Waals surface area contributed by atoms with E-state index in [-0.39, 0.29) is 17.6 Å². The zero-order valence-electron chi connectivity index (χ0n) is 15.0. The monoisotopic (exact) mass is 405 g/mol. The van der Waals surface area contributed by atoms with Crippen LogP contribution in [0.25, 0.3) is 0 Å². The van der Waals surface area contributed by atoms with E-state index in [4.69, 9.17) is 5.73 Å².